The predicted octanol–water partition coefficient (Wildman–Crippen LogP) is 2.47. The summed E-state index contributed by atoms with van der Waals surface area (Å²) in [6, 6.07) is 7.26. The highest BCUT2D eigenvalue weighted by atomic mass is 15.0. The van der Waals surface area contributed by atoms with Crippen molar-refractivity contribution in [3.8, 4) is 0 Å². The van der Waals surface area contributed by atoms with Crippen LogP contribution in [0.1, 0.15) is 24.0 Å². The van der Waals surface area contributed by atoms with Gasteiger partial charge in [-0.15, -0.1) is 0 Å². The SMILES string of the molecule is Cc1ccc(NC2CCNCC2)c(C)c1. The summed E-state index contributed by atoms with van der Waals surface area (Å²) in [5.74, 6) is 0. The van der Waals surface area contributed by atoms with Gasteiger partial charge in [-0.3, -0.25) is 0 Å². The third-order valence-electron chi connectivity index (χ3n) is 3.08. The number of hydrogen-bond acceptors (Lipinski definition) is 2. The van der Waals surface area contributed by atoms with Gasteiger partial charge < -0.3 is 10.6 Å². The minimum Gasteiger partial charge on any atom is -0.382 e. The maximum absolute atomic E-state index is 3.64. The van der Waals surface area contributed by atoms with Crippen LogP contribution in [-0.4, -0.2) is 19.1 Å². The molecule has 0 amide bonds. The molecule has 2 heteroatoms. The highest BCUT2D eigenvalue weighted by Crippen LogP contribution is 2.19. The van der Waals surface area contributed by atoms with Crippen molar-refractivity contribution in [2.45, 2.75) is 32.7 Å². The van der Waals surface area contributed by atoms with Gasteiger partial charge in [0.25, 0.3) is 0 Å². The largest absolute Gasteiger partial charge is 0.382 e. The summed E-state index contributed by atoms with van der Waals surface area (Å²) in [6.45, 7) is 6.60. The van der Waals surface area contributed by atoms with Crippen molar-refractivity contribution >= 4 is 5.69 Å². The Balaban J connectivity index is 2.03. The van der Waals surface area contributed by atoms with Crippen LogP contribution in [0.4, 0.5) is 5.69 Å². The zero-order valence-corrected chi connectivity index (χ0v) is 9.64. The van der Waals surface area contributed by atoms with E-state index in [1.54, 1.807) is 0 Å². The van der Waals surface area contributed by atoms with Crippen molar-refractivity contribution in [3.05, 3.63) is 29.3 Å². The first kappa shape index (κ1) is 10.5. The quantitative estimate of drug-likeness (QED) is 0.773. The number of nitrogens with one attached hydrogen (secondary N) is 2. The smallest absolute Gasteiger partial charge is 0.0372 e. The Morgan fingerprint density at radius 3 is 2.60 bits per heavy atom. The van der Waals surface area contributed by atoms with Crippen molar-refractivity contribution in [2.75, 3.05) is 18.4 Å². The summed E-state index contributed by atoms with van der Waals surface area (Å²) < 4.78 is 0. The van der Waals surface area contributed by atoms with Crippen LogP contribution >= 0.6 is 0 Å². The van der Waals surface area contributed by atoms with E-state index in [9.17, 15) is 0 Å². The number of benzene rings is 1. The fourth-order valence-corrected chi connectivity index (χ4v) is 2.16. The molecule has 0 bridgehead atoms. The molecule has 1 heterocycles. The number of aryl methyl sites for hydroxylation is 2. The van der Waals surface area contributed by atoms with E-state index in [1.807, 2.05) is 0 Å². The van der Waals surface area contributed by atoms with E-state index in [1.165, 1.54) is 29.7 Å². The van der Waals surface area contributed by atoms with Gasteiger partial charge in [0, 0.05) is 11.7 Å². The standard InChI is InChI=1S/C13H20N2/c1-10-3-4-13(11(2)9-10)15-12-5-7-14-8-6-12/h3-4,9,12,14-15H,5-8H2,1-2H3. The van der Waals surface area contributed by atoms with E-state index in [-0.39, 0.29) is 0 Å². The Bertz CT molecular complexity index is 327. The van der Waals surface area contributed by atoms with Crippen molar-refractivity contribution < 1.29 is 0 Å². The van der Waals surface area contributed by atoms with Crippen molar-refractivity contribution in [3.63, 3.8) is 0 Å². The lowest BCUT2D eigenvalue weighted by molar-refractivity contribution is 0.479. The third-order valence-corrected chi connectivity index (χ3v) is 3.08. The number of rotatable bonds is 2. The Labute approximate surface area is 92.1 Å². The molecule has 2 rings (SSSR count). The van der Waals surface area contributed by atoms with Gasteiger partial charge in [-0.25, -0.2) is 0 Å². The third kappa shape index (κ3) is 2.72. The second-order valence-electron chi connectivity index (χ2n) is 4.49. The maximum Gasteiger partial charge on any atom is 0.0372 e. The number of anilines is 1. The fourth-order valence-electron chi connectivity index (χ4n) is 2.16. The second-order valence-corrected chi connectivity index (χ2v) is 4.49. The molecule has 2 N–H and O–H groups in total. The first-order chi connectivity index (χ1) is 7.25. The van der Waals surface area contributed by atoms with Crippen LogP contribution in [0.15, 0.2) is 18.2 Å². The summed E-state index contributed by atoms with van der Waals surface area (Å²) in [7, 11) is 0. The summed E-state index contributed by atoms with van der Waals surface area (Å²) >= 11 is 0. The molecule has 0 radical (unpaired) electrons. The van der Waals surface area contributed by atoms with Gasteiger partial charge in [-0.05, 0) is 51.4 Å². The molecule has 1 saturated heterocycles. The summed E-state index contributed by atoms with van der Waals surface area (Å²) in [6.07, 6.45) is 2.46. The minimum atomic E-state index is 0.646. The average Bonchev–Trinajstić information content (AvgIpc) is 2.24. The summed E-state index contributed by atoms with van der Waals surface area (Å²) in [5.41, 5.74) is 3.99. The van der Waals surface area contributed by atoms with Crippen molar-refractivity contribution in [2.24, 2.45) is 0 Å². The number of hydrogen-bond donors (Lipinski definition) is 2. The monoisotopic (exact) mass is 204 g/mol. The van der Waals surface area contributed by atoms with E-state index in [0.717, 1.165) is 13.1 Å². The van der Waals surface area contributed by atoms with Crippen LogP contribution in [0.25, 0.3) is 0 Å². The average molecular weight is 204 g/mol. The van der Waals surface area contributed by atoms with Gasteiger partial charge >= 0.3 is 0 Å². The Morgan fingerprint density at radius 2 is 1.93 bits per heavy atom. The van der Waals surface area contributed by atoms with Crippen LogP contribution in [0.5, 0.6) is 0 Å². The fraction of sp³-hybridized carbons (Fsp3) is 0.538. The lowest BCUT2D eigenvalue weighted by Gasteiger charge is -2.25. The molecule has 0 atom stereocenters. The zero-order chi connectivity index (χ0) is 10.7. The molecule has 0 saturated carbocycles. The molecule has 0 unspecified atom stereocenters. The van der Waals surface area contributed by atoms with E-state index >= 15 is 0 Å². The molecular weight excluding hydrogens is 184 g/mol. The van der Waals surface area contributed by atoms with Crippen LogP contribution in [0.3, 0.4) is 0 Å². The van der Waals surface area contributed by atoms with Crippen LogP contribution < -0.4 is 10.6 Å². The second kappa shape index (κ2) is 4.67. The van der Waals surface area contributed by atoms with E-state index in [2.05, 4.69) is 42.7 Å². The van der Waals surface area contributed by atoms with Gasteiger partial charge in [0.05, 0.1) is 0 Å². The van der Waals surface area contributed by atoms with Crippen LogP contribution in [0, 0.1) is 13.8 Å². The first-order valence-electron chi connectivity index (χ1n) is 5.80. The summed E-state index contributed by atoms with van der Waals surface area (Å²) in [5, 5.41) is 7.02. The molecule has 15 heavy (non-hydrogen) atoms. The maximum atomic E-state index is 3.64. The van der Waals surface area contributed by atoms with Crippen LogP contribution in [0.2, 0.25) is 0 Å². The normalized spacial score (nSPS) is 17.7. The summed E-state index contributed by atoms with van der Waals surface area (Å²) in [4.78, 5) is 0. The Morgan fingerprint density at radius 1 is 1.20 bits per heavy atom. The minimum absolute atomic E-state index is 0.646. The van der Waals surface area contributed by atoms with Gasteiger partial charge in [-0.2, -0.15) is 0 Å². The highest BCUT2D eigenvalue weighted by Gasteiger charge is 2.12. The van der Waals surface area contributed by atoms with Gasteiger partial charge in [0.1, 0.15) is 0 Å². The molecule has 1 aromatic rings. The predicted molar refractivity (Wildman–Crippen MR) is 65.4 cm³/mol. The lowest BCUT2D eigenvalue weighted by Crippen LogP contribution is -2.35. The molecule has 1 aliphatic heterocycles. The molecule has 1 aromatic carbocycles. The van der Waals surface area contributed by atoms with Crippen molar-refractivity contribution in [1.82, 2.24) is 5.32 Å². The van der Waals surface area contributed by atoms with E-state index < -0.39 is 0 Å². The lowest BCUT2D eigenvalue weighted by atomic mass is 10.0. The van der Waals surface area contributed by atoms with Gasteiger partial charge in [-0.1, -0.05) is 17.7 Å². The molecule has 82 valence electrons. The molecule has 0 aromatic heterocycles. The zero-order valence-electron chi connectivity index (χ0n) is 9.64. The van der Waals surface area contributed by atoms with Gasteiger partial charge in [0.2, 0.25) is 0 Å². The molecule has 1 fully saturated rings. The Hall–Kier alpha value is -1.02. The highest BCUT2D eigenvalue weighted by molar-refractivity contribution is 5.52. The van der Waals surface area contributed by atoms with Crippen molar-refractivity contribution in [1.29, 1.82) is 0 Å². The molecule has 0 aliphatic carbocycles. The Kier molecular flexibility index (Phi) is 3.27. The van der Waals surface area contributed by atoms with Gasteiger partial charge in [0.15, 0.2) is 0 Å². The molecular formula is C13H20N2. The van der Waals surface area contributed by atoms with E-state index in [4.69, 9.17) is 0 Å². The van der Waals surface area contributed by atoms with Crippen LogP contribution in [-0.2, 0) is 0 Å². The first-order valence-corrected chi connectivity index (χ1v) is 5.80. The molecule has 1 aliphatic rings. The molecule has 0 spiro atoms. The number of piperidine rings is 1. The van der Waals surface area contributed by atoms with E-state index in [0.29, 0.717) is 6.04 Å². The topological polar surface area (TPSA) is 24.1 Å². The molecule has 2 nitrogen and oxygen atoms in total.